The van der Waals surface area contributed by atoms with Crippen molar-refractivity contribution < 1.29 is 14.3 Å². The van der Waals surface area contributed by atoms with Crippen LogP contribution in [0.15, 0.2) is 18.2 Å². The van der Waals surface area contributed by atoms with Gasteiger partial charge in [0.15, 0.2) is 0 Å². The van der Waals surface area contributed by atoms with Crippen LogP contribution in [0.25, 0.3) is 0 Å². The second-order valence-corrected chi connectivity index (χ2v) is 5.52. The molecule has 1 aromatic carbocycles. The number of hydrogen-bond acceptors (Lipinski definition) is 4. The molecule has 0 aliphatic carbocycles. The number of hydrogen-bond donors (Lipinski definition) is 3. The molecule has 0 saturated heterocycles. The molecule has 0 saturated carbocycles. The van der Waals surface area contributed by atoms with Gasteiger partial charge in [0.1, 0.15) is 5.75 Å². The van der Waals surface area contributed by atoms with Crippen molar-refractivity contribution in [3.05, 3.63) is 23.2 Å². The van der Waals surface area contributed by atoms with Gasteiger partial charge < -0.3 is 21.1 Å². The van der Waals surface area contributed by atoms with Crippen molar-refractivity contribution in [1.29, 1.82) is 0 Å². The van der Waals surface area contributed by atoms with E-state index < -0.39 is 6.04 Å². The third-order valence-corrected chi connectivity index (χ3v) is 3.26. The van der Waals surface area contributed by atoms with E-state index in [1.807, 2.05) is 20.8 Å². The van der Waals surface area contributed by atoms with Crippen LogP contribution < -0.4 is 21.1 Å². The van der Waals surface area contributed by atoms with Gasteiger partial charge in [-0.3, -0.25) is 9.59 Å². The maximum absolute atomic E-state index is 11.8. The average molecular weight is 328 g/mol. The van der Waals surface area contributed by atoms with Crippen molar-refractivity contribution in [3.63, 3.8) is 0 Å². The third kappa shape index (κ3) is 5.54. The summed E-state index contributed by atoms with van der Waals surface area (Å²) in [6.45, 7) is 5.90. The van der Waals surface area contributed by atoms with Crippen molar-refractivity contribution in [2.75, 3.05) is 18.5 Å². The Hall–Kier alpha value is -1.79. The lowest BCUT2D eigenvalue weighted by molar-refractivity contribution is -0.125. The van der Waals surface area contributed by atoms with E-state index in [0.717, 1.165) is 0 Å². The molecular formula is C15H22ClN3O3. The standard InChI is InChI=1S/C15H22ClN3O3/c1-4-22-12-6-5-10(7-11(12)16)19-13(20)8-18-15(21)14(17)9(2)3/h5-7,9,14H,4,8,17H2,1-3H3,(H,18,21)(H,19,20)/t14-/m0/s1. The molecule has 0 spiro atoms. The van der Waals surface area contributed by atoms with Crippen LogP contribution in [-0.2, 0) is 9.59 Å². The number of benzene rings is 1. The van der Waals surface area contributed by atoms with E-state index in [2.05, 4.69) is 10.6 Å². The van der Waals surface area contributed by atoms with E-state index in [4.69, 9.17) is 22.1 Å². The zero-order valence-corrected chi connectivity index (χ0v) is 13.7. The lowest BCUT2D eigenvalue weighted by Gasteiger charge is -2.15. The minimum atomic E-state index is -0.632. The lowest BCUT2D eigenvalue weighted by atomic mass is 10.1. The number of rotatable bonds is 7. The molecule has 6 nitrogen and oxygen atoms in total. The second-order valence-electron chi connectivity index (χ2n) is 5.11. The second kappa shape index (κ2) is 8.60. The Morgan fingerprint density at radius 3 is 2.59 bits per heavy atom. The number of carbonyl (C=O) groups excluding carboxylic acids is 2. The Morgan fingerprint density at radius 1 is 1.36 bits per heavy atom. The Balaban J connectivity index is 2.52. The minimum absolute atomic E-state index is 0.00739. The molecule has 1 atom stereocenters. The lowest BCUT2D eigenvalue weighted by Crippen LogP contribution is -2.46. The summed E-state index contributed by atoms with van der Waals surface area (Å²) >= 11 is 6.03. The van der Waals surface area contributed by atoms with Crippen LogP contribution in [0.2, 0.25) is 5.02 Å². The van der Waals surface area contributed by atoms with E-state index >= 15 is 0 Å². The first-order chi connectivity index (χ1) is 10.3. The summed E-state index contributed by atoms with van der Waals surface area (Å²) in [5.41, 5.74) is 6.22. The minimum Gasteiger partial charge on any atom is -0.492 e. The number of halogens is 1. The van der Waals surface area contributed by atoms with Crippen LogP contribution in [0.4, 0.5) is 5.69 Å². The highest BCUT2D eigenvalue weighted by atomic mass is 35.5. The Kier molecular flexibility index (Phi) is 7.14. The van der Waals surface area contributed by atoms with Crippen LogP contribution in [0.5, 0.6) is 5.75 Å². The molecule has 2 amide bonds. The van der Waals surface area contributed by atoms with Crippen molar-refractivity contribution >= 4 is 29.1 Å². The van der Waals surface area contributed by atoms with Crippen LogP contribution in [0, 0.1) is 5.92 Å². The van der Waals surface area contributed by atoms with Crippen molar-refractivity contribution in [1.82, 2.24) is 5.32 Å². The van der Waals surface area contributed by atoms with Crippen molar-refractivity contribution in [2.24, 2.45) is 11.7 Å². The summed E-state index contributed by atoms with van der Waals surface area (Å²) in [4.78, 5) is 23.4. The average Bonchev–Trinajstić information content (AvgIpc) is 2.46. The Labute approximate surface area is 135 Å². The zero-order valence-electron chi connectivity index (χ0n) is 13.0. The molecule has 0 aliphatic rings. The number of anilines is 1. The number of carbonyl (C=O) groups is 2. The third-order valence-electron chi connectivity index (χ3n) is 2.96. The molecule has 1 aromatic rings. The normalized spacial score (nSPS) is 11.9. The first kappa shape index (κ1) is 18.3. The quantitative estimate of drug-likeness (QED) is 0.711. The van der Waals surface area contributed by atoms with E-state index in [1.165, 1.54) is 0 Å². The molecule has 22 heavy (non-hydrogen) atoms. The van der Waals surface area contributed by atoms with E-state index in [9.17, 15) is 9.59 Å². The van der Waals surface area contributed by atoms with Gasteiger partial charge in [-0.1, -0.05) is 25.4 Å². The molecule has 0 aliphatic heterocycles. The summed E-state index contributed by atoms with van der Waals surface area (Å²) in [6, 6.07) is 4.31. The van der Waals surface area contributed by atoms with Gasteiger partial charge in [0.05, 0.1) is 24.2 Å². The Bertz CT molecular complexity index is 535. The summed E-state index contributed by atoms with van der Waals surface area (Å²) in [6.07, 6.45) is 0. The smallest absolute Gasteiger partial charge is 0.243 e. The Morgan fingerprint density at radius 2 is 2.05 bits per heavy atom. The van der Waals surface area contributed by atoms with Gasteiger partial charge in [0.2, 0.25) is 11.8 Å². The van der Waals surface area contributed by atoms with Gasteiger partial charge in [-0.2, -0.15) is 0 Å². The predicted molar refractivity (Wildman–Crippen MR) is 87.1 cm³/mol. The van der Waals surface area contributed by atoms with Gasteiger partial charge in [-0.15, -0.1) is 0 Å². The van der Waals surface area contributed by atoms with Crippen molar-refractivity contribution in [2.45, 2.75) is 26.8 Å². The van der Waals surface area contributed by atoms with Crippen LogP contribution in [-0.4, -0.2) is 31.0 Å². The highest BCUT2D eigenvalue weighted by molar-refractivity contribution is 6.32. The van der Waals surface area contributed by atoms with Gasteiger partial charge in [0.25, 0.3) is 0 Å². The maximum atomic E-state index is 11.8. The fraction of sp³-hybridized carbons (Fsp3) is 0.467. The monoisotopic (exact) mass is 327 g/mol. The molecule has 4 N–H and O–H groups in total. The van der Waals surface area contributed by atoms with Gasteiger partial charge in [0, 0.05) is 5.69 Å². The summed E-state index contributed by atoms with van der Waals surface area (Å²) < 4.78 is 5.31. The molecule has 0 fully saturated rings. The van der Waals surface area contributed by atoms with Crippen LogP contribution in [0.3, 0.4) is 0 Å². The highest BCUT2D eigenvalue weighted by Crippen LogP contribution is 2.27. The topological polar surface area (TPSA) is 93.5 Å². The van der Waals surface area contributed by atoms with Crippen molar-refractivity contribution in [3.8, 4) is 5.75 Å². The largest absolute Gasteiger partial charge is 0.492 e. The molecule has 0 radical (unpaired) electrons. The summed E-state index contributed by atoms with van der Waals surface area (Å²) in [5.74, 6) is -0.147. The SMILES string of the molecule is CCOc1ccc(NC(=O)CNC(=O)[C@@H](N)C(C)C)cc1Cl. The molecule has 0 heterocycles. The fourth-order valence-corrected chi connectivity index (χ4v) is 1.88. The first-order valence-corrected chi connectivity index (χ1v) is 7.48. The first-order valence-electron chi connectivity index (χ1n) is 7.10. The number of amides is 2. The van der Waals surface area contributed by atoms with Gasteiger partial charge in [-0.25, -0.2) is 0 Å². The van der Waals surface area contributed by atoms with E-state index in [0.29, 0.717) is 23.1 Å². The highest BCUT2D eigenvalue weighted by Gasteiger charge is 2.17. The molecule has 7 heteroatoms. The maximum Gasteiger partial charge on any atom is 0.243 e. The number of nitrogens with two attached hydrogens (primary N) is 1. The van der Waals surface area contributed by atoms with E-state index in [1.54, 1.807) is 18.2 Å². The number of ether oxygens (including phenoxy) is 1. The van der Waals surface area contributed by atoms with Gasteiger partial charge >= 0.3 is 0 Å². The fourth-order valence-electron chi connectivity index (χ4n) is 1.64. The van der Waals surface area contributed by atoms with E-state index in [-0.39, 0.29) is 24.3 Å². The number of nitrogens with one attached hydrogen (secondary N) is 2. The summed E-state index contributed by atoms with van der Waals surface area (Å²) in [5, 5.41) is 5.55. The van der Waals surface area contributed by atoms with Crippen LogP contribution >= 0.6 is 11.6 Å². The molecule has 0 aromatic heterocycles. The molecule has 1 rings (SSSR count). The molecular weight excluding hydrogens is 306 g/mol. The molecule has 0 unspecified atom stereocenters. The van der Waals surface area contributed by atoms with Crippen LogP contribution in [0.1, 0.15) is 20.8 Å². The predicted octanol–water partition coefficient (Wildman–Crippen LogP) is 1.78. The van der Waals surface area contributed by atoms with Gasteiger partial charge in [-0.05, 0) is 31.0 Å². The summed E-state index contributed by atoms with van der Waals surface area (Å²) in [7, 11) is 0. The molecule has 0 bridgehead atoms. The zero-order chi connectivity index (χ0) is 16.7. The molecule has 122 valence electrons.